The maximum atomic E-state index is 12.3. The molecule has 4 heteroatoms. The smallest absolute Gasteiger partial charge is 0.415 e. The van der Waals surface area contributed by atoms with Gasteiger partial charge in [0.2, 0.25) is 0 Å². The van der Waals surface area contributed by atoms with Gasteiger partial charge in [0.15, 0.2) is 0 Å². The molecule has 0 atom stereocenters. The Morgan fingerprint density at radius 1 is 1.37 bits per heavy atom. The van der Waals surface area contributed by atoms with Crippen LogP contribution >= 0.6 is 15.9 Å². The second-order valence-electron chi connectivity index (χ2n) is 5.48. The molecule has 0 aliphatic heterocycles. The van der Waals surface area contributed by atoms with E-state index in [1.807, 2.05) is 52.0 Å². The van der Waals surface area contributed by atoms with Gasteiger partial charge in [-0.25, -0.2) is 4.79 Å². The lowest BCUT2D eigenvalue weighted by Gasteiger charge is -2.28. The second kappa shape index (κ2) is 6.24. The lowest BCUT2D eigenvalue weighted by molar-refractivity contribution is 0.0583. The molecule has 0 aromatic heterocycles. The van der Waals surface area contributed by atoms with Crippen LogP contribution in [0.3, 0.4) is 0 Å². The van der Waals surface area contributed by atoms with Crippen molar-refractivity contribution >= 4 is 27.7 Å². The Labute approximate surface area is 123 Å². The van der Waals surface area contributed by atoms with Gasteiger partial charge >= 0.3 is 6.09 Å². The van der Waals surface area contributed by atoms with Crippen molar-refractivity contribution in [1.29, 1.82) is 0 Å². The molecule has 1 amide bonds. The largest absolute Gasteiger partial charge is 0.443 e. The highest BCUT2D eigenvalue weighted by atomic mass is 79.9. The minimum Gasteiger partial charge on any atom is -0.443 e. The Morgan fingerprint density at radius 2 is 1.95 bits per heavy atom. The first kappa shape index (κ1) is 15.8. The molecular formula is C15H20BrNO2. The van der Waals surface area contributed by atoms with Gasteiger partial charge in [0.1, 0.15) is 5.60 Å². The lowest BCUT2D eigenvalue weighted by Crippen LogP contribution is -2.38. The minimum absolute atomic E-state index is 0.373. The van der Waals surface area contributed by atoms with Crippen LogP contribution in [0, 0.1) is 0 Å². The summed E-state index contributed by atoms with van der Waals surface area (Å²) in [5, 5.41) is 0. The number of rotatable bonds is 3. The van der Waals surface area contributed by atoms with E-state index in [1.165, 1.54) is 0 Å². The van der Waals surface area contributed by atoms with Gasteiger partial charge in [0.05, 0.1) is 5.69 Å². The van der Waals surface area contributed by atoms with E-state index in [2.05, 4.69) is 22.5 Å². The average Bonchev–Trinajstić information content (AvgIpc) is 2.24. The number of carbonyl (C=O) groups excluding carboxylic acids is 1. The van der Waals surface area contributed by atoms with Gasteiger partial charge in [-0.2, -0.15) is 0 Å². The number of amides is 1. The Balaban J connectivity index is 3.05. The van der Waals surface area contributed by atoms with Crippen molar-refractivity contribution in [3.05, 3.63) is 40.9 Å². The van der Waals surface area contributed by atoms with E-state index in [0.717, 1.165) is 15.7 Å². The Bertz CT molecular complexity index is 477. The summed E-state index contributed by atoms with van der Waals surface area (Å²) >= 11 is 3.46. The normalized spacial score (nSPS) is 11.0. The molecule has 0 aliphatic rings. The topological polar surface area (TPSA) is 29.5 Å². The fourth-order valence-electron chi connectivity index (χ4n) is 1.51. The number of carbonyl (C=O) groups is 1. The van der Waals surface area contributed by atoms with Gasteiger partial charge < -0.3 is 4.74 Å². The number of benzene rings is 1. The van der Waals surface area contributed by atoms with E-state index in [0.29, 0.717) is 6.54 Å². The number of ether oxygens (including phenoxy) is 1. The molecule has 0 N–H and O–H groups in total. The summed E-state index contributed by atoms with van der Waals surface area (Å²) in [7, 11) is 0. The van der Waals surface area contributed by atoms with Gasteiger partial charge in [-0.1, -0.05) is 24.3 Å². The Hall–Kier alpha value is -1.29. The Kier molecular flexibility index (Phi) is 5.18. The van der Waals surface area contributed by atoms with Crippen LogP contribution in [-0.4, -0.2) is 18.2 Å². The number of nitrogens with zero attached hydrogens (tertiary/aromatic N) is 1. The summed E-state index contributed by atoms with van der Waals surface area (Å²) in [5.74, 6) is 0. The standard InChI is InChI=1S/C15H20BrNO2/c1-11(2)10-17(14(18)19-15(3,4)5)13-9-7-6-8-12(13)16/h6-9H,1,10H2,2-5H3. The molecule has 0 saturated heterocycles. The molecule has 19 heavy (non-hydrogen) atoms. The van der Waals surface area contributed by atoms with Crippen LogP contribution in [0.25, 0.3) is 0 Å². The summed E-state index contributed by atoms with van der Waals surface area (Å²) in [6, 6.07) is 7.56. The number of hydrogen-bond donors (Lipinski definition) is 0. The molecule has 0 spiro atoms. The summed E-state index contributed by atoms with van der Waals surface area (Å²) < 4.78 is 6.28. The van der Waals surface area contributed by atoms with Crippen LogP contribution in [0.4, 0.5) is 10.5 Å². The molecule has 0 fully saturated rings. The summed E-state index contributed by atoms with van der Waals surface area (Å²) in [6.07, 6.45) is -0.373. The molecule has 0 saturated carbocycles. The predicted octanol–water partition coefficient (Wildman–Crippen LogP) is 4.77. The molecule has 0 unspecified atom stereocenters. The third-order valence-corrected chi connectivity index (χ3v) is 2.86. The highest BCUT2D eigenvalue weighted by Crippen LogP contribution is 2.27. The quantitative estimate of drug-likeness (QED) is 0.749. The van der Waals surface area contributed by atoms with Gasteiger partial charge in [0.25, 0.3) is 0 Å². The van der Waals surface area contributed by atoms with Crippen molar-refractivity contribution < 1.29 is 9.53 Å². The SMILES string of the molecule is C=C(C)CN(C(=O)OC(C)(C)C)c1ccccc1Br. The van der Waals surface area contributed by atoms with Crippen LogP contribution in [0.1, 0.15) is 27.7 Å². The maximum Gasteiger partial charge on any atom is 0.415 e. The van der Waals surface area contributed by atoms with E-state index < -0.39 is 5.60 Å². The van der Waals surface area contributed by atoms with Gasteiger partial charge in [-0.3, -0.25) is 4.90 Å². The van der Waals surface area contributed by atoms with Crippen LogP contribution in [0.15, 0.2) is 40.9 Å². The van der Waals surface area contributed by atoms with E-state index in [9.17, 15) is 4.79 Å². The van der Waals surface area contributed by atoms with Gasteiger partial charge in [-0.05, 0) is 55.8 Å². The van der Waals surface area contributed by atoms with Gasteiger partial charge in [0, 0.05) is 11.0 Å². The zero-order chi connectivity index (χ0) is 14.6. The van der Waals surface area contributed by atoms with E-state index in [4.69, 9.17) is 4.74 Å². The third-order valence-electron chi connectivity index (χ3n) is 2.19. The van der Waals surface area contributed by atoms with Crippen LogP contribution in [0.5, 0.6) is 0 Å². The van der Waals surface area contributed by atoms with Crippen molar-refractivity contribution in [2.24, 2.45) is 0 Å². The van der Waals surface area contributed by atoms with Crippen molar-refractivity contribution in [1.82, 2.24) is 0 Å². The van der Waals surface area contributed by atoms with E-state index in [1.54, 1.807) is 4.90 Å². The number of hydrogen-bond acceptors (Lipinski definition) is 2. The predicted molar refractivity (Wildman–Crippen MR) is 82.5 cm³/mol. The number of halogens is 1. The van der Waals surface area contributed by atoms with Gasteiger partial charge in [-0.15, -0.1) is 0 Å². The molecule has 0 radical (unpaired) electrons. The summed E-state index contributed by atoms with van der Waals surface area (Å²) in [4.78, 5) is 13.9. The van der Waals surface area contributed by atoms with Crippen LogP contribution in [-0.2, 0) is 4.74 Å². The lowest BCUT2D eigenvalue weighted by atomic mass is 10.2. The minimum atomic E-state index is -0.522. The average molecular weight is 326 g/mol. The summed E-state index contributed by atoms with van der Waals surface area (Å²) in [5.41, 5.74) is 1.15. The molecule has 1 rings (SSSR count). The monoisotopic (exact) mass is 325 g/mol. The fraction of sp³-hybridized carbons (Fsp3) is 0.400. The molecule has 0 bridgehead atoms. The van der Waals surface area contributed by atoms with E-state index in [-0.39, 0.29) is 6.09 Å². The highest BCUT2D eigenvalue weighted by Gasteiger charge is 2.24. The molecule has 0 aliphatic carbocycles. The van der Waals surface area contributed by atoms with Crippen molar-refractivity contribution in [3.8, 4) is 0 Å². The molecule has 3 nitrogen and oxygen atoms in total. The Morgan fingerprint density at radius 3 is 2.42 bits per heavy atom. The zero-order valence-corrected chi connectivity index (χ0v) is 13.5. The zero-order valence-electron chi connectivity index (χ0n) is 11.9. The van der Waals surface area contributed by atoms with Crippen LogP contribution < -0.4 is 4.90 Å². The fourth-order valence-corrected chi connectivity index (χ4v) is 2.00. The third kappa shape index (κ3) is 5.07. The number of para-hydroxylation sites is 1. The maximum absolute atomic E-state index is 12.3. The van der Waals surface area contributed by atoms with Crippen molar-refractivity contribution in [2.45, 2.75) is 33.3 Å². The summed E-state index contributed by atoms with van der Waals surface area (Å²) in [6.45, 7) is 11.7. The molecule has 0 heterocycles. The first-order chi connectivity index (χ1) is 8.70. The second-order valence-corrected chi connectivity index (χ2v) is 6.33. The first-order valence-corrected chi connectivity index (χ1v) is 6.89. The molecule has 1 aromatic carbocycles. The first-order valence-electron chi connectivity index (χ1n) is 6.10. The van der Waals surface area contributed by atoms with E-state index >= 15 is 0 Å². The van der Waals surface area contributed by atoms with Crippen molar-refractivity contribution in [2.75, 3.05) is 11.4 Å². The van der Waals surface area contributed by atoms with Crippen LogP contribution in [0.2, 0.25) is 0 Å². The molecular weight excluding hydrogens is 306 g/mol. The van der Waals surface area contributed by atoms with Crippen molar-refractivity contribution in [3.63, 3.8) is 0 Å². The highest BCUT2D eigenvalue weighted by molar-refractivity contribution is 9.10. The molecule has 104 valence electrons. The number of anilines is 1. The molecule has 1 aromatic rings.